The van der Waals surface area contributed by atoms with Crippen molar-refractivity contribution in [1.82, 2.24) is 0 Å². The summed E-state index contributed by atoms with van der Waals surface area (Å²) in [5.41, 5.74) is 0.953. The van der Waals surface area contributed by atoms with Crippen LogP contribution in [0.15, 0.2) is 30.6 Å². The summed E-state index contributed by atoms with van der Waals surface area (Å²) in [6.45, 7) is -0.394. The quantitative estimate of drug-likeness (QED) is 0.0514. The third-order valence-corrected chi connectivity index (χ3v) is 8.58. The number of aromatic nitrogens is 1. The fourth-order valence-electron chi connectivity index (χ4n) is 5.17. The Morgan fingerprint density at radius 3 is 2.02 bits per heavy atom. The molecule has 1 heterocycles. The summed E-state index contributed by atoms with van der Waals surface area (Å²) in [5.74, 6) is 0.0562. The summed E-state index contributed by atoms with van der Waals surface area (Å²) in [6.07, 6.45) is 19.6. The van der Waals surface area contributed by atoms with Crippen LogP contribution in [-0.4, -0.2) is 19.2 Å². The lowest BCUT2D eigenvalue weighted by molar-refractivity contribution is -0.605. The number of carbonyl (C=O) groups excluding carboxylic acids is 1. The molecule has 44 heavy (non-hydrogen) atoms. The minimum Gasteiger partial charge on any atom is -0.619 e. The molecule has 1 aromatic carbocycles. The highest BCUT2D eigenvalue weighted by molar-refractivity contribution is 6.35. The zero-order valence-electron chi connectivity index (χ0n) is 25.8. The molecule has 1 aromatic heterocycles. The molecule has 6 nitrogen and oxygen atoms in total. The van der Waals surface area contributed by atoms with Gasteiger partial charge in [0, 0.05) is 18.4 Å². The third-order valence-electron chi connectivity index (χ3n) is 7.93. The number of rotatable bonds is 23. The molecule has 1 saturated carbocycles. The van der Waals surface area contributed by atoms with E-state index < -0.39 is 12.7 Å². The molecular weight excluding hydrogens is 611 g/mol. The Kier molecular flexibility index (Phi) is 16.4. The highest BCUT2D eigenvalue weighted by Crippen LogP contribution is 2.38. The smallest absolute Gasteiger partial charge is 0.387 e. The Hall–Kier alpha value is -2.32. The number of halogens is 4. The number of pyridine rings is 1. The van der Waals surface area contributed by atoms with Crippen LogP contribution in [0.25, 0.3) is 0 Å². The van der Waals surface area contributed by atoms with Gasteiger partial charge in [-0.05, 0) is 42.9 Å². The second kappa shape index (κ2) is 19.9. The first-order valence-electron chi connectivity index (χ1n) is 16.2. The van der Waals surface area contributed by atoms with Crippen LogP contribution in [0.3, 0.4) is 0 Å². The first-order chi connectivity index (χ1) is 21.3. The van der Waals surface area contributed by atoms with E-state index in [1.165, 1.54) is 76.2 Å². The first-order valence-corrected chi connectivity index (χ1v) is 17.0. The molecule has 1 unspecified atom stereocenters. The molecule has 0 N–H and O–H groups in total. The summed E-state index contributed by atoms with van der Waals surface area (Å²) in [7, 11) is 0. The predicted octanol–water partition coefficient (Wildman–Crippen LogP) is 10.3. The van der Waals surface area contributed by atoms with E-state index in [4.69, 9.17) is 32.7 Å². The molecule has 10 heteroatoms. The highest BCUT2D eigenvalue weighted by Gasteiger charge is 2.26. The fraction of sp³-hybridized carbons (Fsp3) is 0.647. The first kappa shape index (κ1) is 36.2. The van der Waals surface area contributed by atoms with E-state index in [1.807, 2.05) is 0 Å². The SMILES string of the molecule is CCCCCCCCCCCCCCCC(=O)OC(Cc1c(Cl)c[n+]([O-])cc1Cl)c1ccc(OC(F)F)c(OCC2CC2)c1. The second-order valence-corrected chi connectivity index (χ2v) is 12.6. The Bertz CT molecular complexity index is 1130. The average molecular weight is 659 g/mol. The molecule has 0 aliphatic heterocycles. The Morgan fingerprint density at radius 2 is 1.48 bits per heavy atom. The van der Waals surface area contributed by atoms with Crippen molar-refractivity contribution >= 4 is 29.2 Å². The molecule has 0 saturated heterocycles. The van der Waals surface area contributed by atoms with Crippen LogP contribution < -0.4 is 14.2 Å². The monoisotopic (exact) mass is 657 g/mol. The second-order valence-electron chi connectivity index (χ2n) is 11.8. The Morgan fingerprint density at radius 1 is 0.909 bits per heavy atom. The van der Waals surface area contributed by atoms with Crippen molar-refractivity contribution in [2.75, 3.05) is 6.61 Å². The van der Waals surface area contributed by atoms with Crippen molar-refractivity contribution in [3.63, 3.8) is 0 Å². The molecule has 0 spiro atoms. The highest BCUT2D eigenvalue weighted by atomic mass is 35.5. The number of hydrogen-bond acceptors (Lipinski definition) is 5. The molecule has 3 rings (SSSR count). The summed E-state index contributed by atoms with van der Waals surface area (Å²) >= 11 is 12.7. The largest absolute Gasteiger partial charge is 0.619 e. The van der Waals surface area contributed by atoms with E-state index in [9.17, 15) is 18.8 Å². The minimum absolute atomic E-state index is 0.0833. The van der Waals surface area contributed by atoms with Crippen molar-refractivity contribution in [1.29, 1.82) is 0 Å². The van der Waals surface area contributed by atoms with Gasteiger partial charge in [-0.2, -0.15) is 13.5 Å². The van der Waals surface area contributed by atoms with Gasteiger partial charge in [0.05, 0.1) is 6.61 Å². The molecule has 1 aliphatic rings. The van der Waals surface area contributed by atoms with Crippen LogP contribution in [0.2, 0.25) is 10.0 Å². The van der Waals surface area contributed by atoms with E-state index in [-0.39, 0.29) is 40.4 Å². The average Bonchev–Trinajstić information content (AvgIpc) is 3.80. The van der Waals surface area contributed by atoms with Crippen molar-refractivity contribution in [3.8, 4) is 11.5 Å². The number of ether oxygens (including phenoxy) is 3. The van der Waals surface area contributed by atoms with Gasteiger partial charge in [-0.25, -0.2) is 0 Å². The normalized spacial score (nSPS) is 13.7. The number of carbonyl (C=O) groups is 1. The van der Waals surface area contributed by atoms with Crippen LogP contribution >= 0.6 is 23.2 Å². The summed E-state index contributed by atoms with van der Waals surface area (Å²) in [6, 6.07) is 4.50. The van der Waals surface area contributed by atoms with Gasteiger partial charge in [-0.3, -0.25) is 4.79 Å². The fourth-order valence-corrected chi connectivity index (χ4v) is 5.77. The number of nitrogens with zero attached hydrogens (tertiary/aromatic N) is 1. The zero-order chi connectivity index (χ0) is 31.7. The third kappa shape index (κ3) is 13.8. The van der Waals surface area contributed by atoms with Crippen molar-refractivity contribution < 1.29 is 32.5 Å². The van der Waals surface area contributed by atoms with Gasteiger partial charge < -0.3 is 19.4 Å². The molecule has 0 bridgehead atoms. The van der Waals surface area contributed by atoms with Gasteiger partial charge in [0.1, 0.15) is 16.1 Å². The number of esters is 1. The standard InChI is InChI=1S/C34H47Cl2F2NO5/c1-2-3-4-5-6-7-8-9-10-11-12-13-14-15-33(40)43-31(21-27-28(35)22-39(41)23-29(27)36)26-18-19-30(44-34(37)38)32(20-26)42-24-25-16-17-25/h18-20,22-23,25,31,34H,2-17,21,24H2,1H3. The van der Waals surface area contributed by atoms with Gasteiger partial charge in [0.2, 0.25) is 0 Å². The molecular formula is C34H47Cl2F2NO5. The van der Waals surface area contributed by atoms with E-state index >= 15 is 0 Å². The maximum absolute atomic E-state index is 13.1. The maximum atomic E-state index is 13.1. The van der Waals surface area contributed by atoms with Crippen LogP contribution in [0.4, 0.5) is 8.78 Å². The number of hydrogen-bond donors (Lipinski definition) is 0. The zero-order valence-corrected chi connectivity index (χ0v) is 27.4. The van der Waals surface area contributed by atoms with Gasteiger partial charge in [-0.15, -0.1) is 0 Å². The number of benzene rings is 1. The van der Waals surface area contributed by atoms with Gasteiger partial charge in [0.15, 0.2) is 23.9 Å². The van der Waals surface area contributed by atoms with E-state index in [2.05, 4.69) is 11.7 Å². The van der Waals surface area contributed by atoms with E-state index in [0.29, 0.717) is 34.8 Å². The van der Waals surface area contributed by atoms with Crippen LogP contribution in [0.5, 0.6) is 11.5 Å². The van der Waals surface area contributed by atoms with Crippen LogP contribution in [0.1, 0.15) is 127 Å². The lowest BCUT2D eigenvalue weighted by Crippen LogP contribution is -2.25. The van der Waals surface area contributed by atoms with E-state index in [0.717, 1.165) is 32.1 Å². The maximum Gasteiger partial charge on any atom is 0.387 e. The van der Waals surface area contributed by atoms with E-state index in [1.54, 1.807) is 12.1 Å². The molecule has 0 amide bonds. The van der Waals surface area contributed by atoms with Gasteiger partial charge in [-0.1, -0.05) is 113 Å². The summed E-state index contributed by atoms with van der Waals surface area (Å²) in [5, 5.41) is 12.0. The molecule has 1 fully saturated rings. The Balaban J connectivity index is 1.55. The summed E-state index contributed by atoms with van der Waals surface area (Å²) in [4.78, 5) is 13.0. The molecule has 0 radical (unpaired) electrons. The predicted molar refractivity (Wildman–Crippen MR) is 170 cm³/mol. The number of unbranched alkanes of at least 4 members (excludes halogenated alkanes) is 12. The lowest BCUT2D eigenvalue weighted by Gasteiger charge is -2.21. The van der Waals surface area contributed by atoms with Crippen molar-refractivity contribution in [2.45, 2.75) is 129 Å². The summed E-state index contributed by atoms with van der Waals surface area (Å²) < 4.78 is 43.0. The topological polar surface area (TPSA) is 71.7 Å². The minimum atomic E-state index is -3.02. The molecule has 1 atom stereocenters. The van der Waals surface area contributed by atoms with Crippen LogP contribution in [-0.2, 0) is 16.0 Å². The molecule has 246 valence electrons. The molecule has 2 aromatic rings. The van der Waals surface area contributed by atoms with Gasteiger partial charge >= 0.3 is 12.6 Å². The number of alkyl halides is 2. The van der Waals surface area contributed by atoms with Crippen molar-refractivity contribution in [3.05, 3.63) is 57.0 Å². The van der Waals surface area contributed by atoms with Crippen LogP contribution in [0, 0.1) is 11.1 Å². The van der Waals surface area contributed by atoms with Gasteiger partial charge in [0.25, 0.3) is 0 Å². The molecule has 1 aliphatic carbocycles. The lowest BCUT2D eigenvalue weighted by atomic mass is 10.0. The Labute approximate surface area is 270 Å². The van der Waals surface area contributed by atoms with Crippen molar-refractivity contribution in [2.24, 2.45) is 5.92 Å².